The van der Waals surface area contributed by atoms with Crippen molar-refractivity contribution in [2.75, 3.05) is 29.6 Å². The van der Waals surface area contributed by atoms with Crippen LogP contribution in [0.3, 0.4) is 0 Å². The molecular formula is C21H23N5O. The summed E-state index contributed by atoms with van der Waals surface area (Å²) in [6.45, 7) is 2.05. The minimum absolute atomic E-state index is 0.273. The lowest BCUT2D eigenvalue weighted by Gasteiger charge is -2.13. The Morgan fingerprint density at radius 3 is 2.33 bits per heavy atom. The average Bonchev–Trinajstić information content (AvgIpc) is 2.69. The van der Waals surface area contributed by atoms with Crippen LogP contribution in [0.1, 0.15) is 23.0 Å². The highest BCUT2D eigenvalue weighted by atomic mass is 16.1. The number of hydrogen-bond acceptors (Lipinski definition) is 5. The molecule has 1 aromatic heterocycles. The van der Waals surface area contributed by atoms with E-state index in [1.807, 2.05) is 67.5 Å². The first-order chi connectivity index (χ1) is 13.1. The molecule has 0 aliphatic heterocycles. The number of carbonyl (C=O) groups excluding carboxylic acids is 1. The maximum absolute atomic E-state index is 12.4. The number of carbonyl (C=O) groups is 1. The van der Waals surface area contributed by atoms with Crippen molar-refractivity contribution in [3.8, 4) is 0 Å². The van der Waals surface area contributed by atoms with E-state index in [-0.39, 0.29) is 11.6 Å². The topological polar surface area (TPSA) is 70.2 Å². The van der Waals surface area contributed by atoms with Crippen molar-refractivity contribution in [3.63, 3.8) is 0 Å². The summed E-state index contributed by atoms with van der Waals surface area (Å²) in [6, 6.07) is 19.1. The van der Waals surface area contributed by atoms with Gasteiger partial charge in [-0.2, -0.15) is 0 Å². The van der Waals surface area contributed by atoms with E-state index in [4.69, 9.17) is 0 Å². The van der Waals surface area contributed by atoms with Crippen LogP contribution in [0.25, 0.3) is 0 Å². The number of amides is 1. The van der Waals surface area contributed by atoms with Crippen molar-refractivity contribution >= 4 is 28.8 Å². The fourth-order valence-corrected chi connectivity index (χ4v) is 2.65. The van der Waals surface area contributed by atoms with E-state index in [2.05, 4.69) is 27.8 Å². The molecule has 138 valence electrons. The Kier molecular flexibility index (Phi) is 5.66. The lowest BCUT2D eigenvalue weighted by Crippen LogP contribution is -2.15. The zero-order valence-corrected chi connectivity index (χ0v) is 15.7. The number of hydrogen-bond donors (Lipinski definition) is 2. The Morgan fingerprint density at radius 2 is 1.70 bits per heavy atom. The summed E-state index contributed by atoms with van der Waals surface area (Å²) < 4.78 is 0. The summed E-state index contributed by atoms with van der Waals surface area (Å²) in [5.41, 5.74) is 4.18. The predicted octanol–water partition coefficient (Wildman–Crippen LogP) is 4.10. The SMILES string of the molecule is CCc1ccccc1NC(=O)c1ccc(Nc2ccc(N(C)C)cc2)nn1. The van der Waals surface area contributed by atoms with Gasteiger partial charge in [-0.3, -0.25) is 4.79 Å². The fraction of sp³-hybridized carbons (Fsp3) is 0.190. The molecule has 0 aliphatic rings. The van der Waals surface area contributed by atoms with Crippen molar-refractivity contribution in [3.05, 3.63) is 71.9 Å². The van der Waals surface area contributed by atoms with Gasteiger partial charge in [0.2, 0.25) is 0 Å². The highest BCUT2D eigenvalue weighted by Crippen LogP contribution is 2.19. The molecule has 0 spiro atoms. The Bertz CT molecular complexity index is 905. The predicted molar refractivity (Wildman–Crippen MR) is 110 cm³/mol. The third-order valence-corrected chi connectivity index (χ3v) is 4.20. The highest BCUT2D eigenvalue weighted by Gasteiger charge is 2.10. The van der Waals surface area contributed by atoms with E-state index in [1.54, 1.807) is 12.1 Å². The standard InChI is InChI=1S/C21H23N5O/c1-4-15-7-5-6-8-18(15)23-21(27)19-13-14-20(25-24-19)22-16-9-11-17(12-10-16)26(2)3/h5-14H,4H2,1-3H3,(H,22,25)(H,23,27). The molecule has 0 radical (unpaired) electrons. The maximum atomic E-state index is 12.4. The second-order valence-corrected chi connectivity index (χ2v) is 6.33. The molecule has 0 saturated heterocycles. The summed E-state index contributed by atoms with van der Waals surface area (Å²) in [7, 11) is 3.99. The summed E-state index contributed by atoms with van der Waals surface area (Å²) in [4.78, 5) is 14.4. The third kappa shape index (κ3) is 4.61. The molecule has 0 aliphatic carbocycles. The number of nitrogens with one attached hydrogen (secondary N) is 2. The van der Waals surface area contributed by atoms with Crippen molar-refractivity contribution in [1.29, 1.82) is 0 Å². The number of aryl methyl sites for hydroxylation is 1. The van der Waals surface area contributed by atoms with E-state index in [1.165, 1.54) is 0 Å². The average molecular weight is 361 g/mol. The first kappa shape index (κ1) is 18.4. The van der Waals surface area contributed by atoms with Crippen LogP contribution in [0.15, 0.2) is 60.7 Å². The summed E-state index contributed by atoms with van der Waals surface area (Å²) in [5, 5.41) is 14.2. The molecule has 3 rings (SSSR count). The van der Waals surface area contributed by atoms with Crippen molar-refractivity contribution in [1.82, 2.24) is 10.2 Å². The molecule has 6 nitrogen and oxygen atoms in total. The highest BCUT2D eigenvalue weighted by molar-refractivity contribution is 6.03. The van der Waals surface area contributed by atoms with Gasteiger partial charge in [-0.05, 0) is 54.4 Å². The minimum atomic E-state index is -0.273. The first-order valence-electron chi connectivity index (χ1n) is 8.84. The van der Waals surface area contributed by atoms with Crippen molar-refractivity contribution in [2.45, 2.75) is 13.3 Å². The molecule has 0 unspecified atom stereocenters. The summed E-state index contributed by atoms with van der Waals surface area (Å²) in [5.74, 6) is 0.309. The third-order valence-electron chi connectivity index (χ3n) is 4.20. The smallest absolute Gasteiger partial charge is 0.276 e. The number of anilines is 4. The van der Waals surface area contributed by atoms with E-state index < -0.39 is 0 Å². The zero-order valence-electron chi connectivity index (χ0n) is 15.7. The van der Waals surface area contributed by atoms with Gasteiger partial charge in [0.1, 0.15) is 0 Å². The van der Waals surface area contributed by atoms with Gasteiger partial charge in [0, 0.05) is 31.2 Å². The van der Waals surface area contributed by atoms with Gasteiger partial charge in [-0.1, -0.05) is 25.1 Å². The number of nitrogens with zero attached hydrogens (tertiary/aromatic N) is 3. The van der Waals surface area contributed by atoms with Crippen LogP contribution in [0.5, 0.6) is 0 Å². The minimum Gasteiger partial charge on any atom is -0.378 e. The molecule has 2 N–H and O–H groups in total. The van der Waals surface area contributed by atoms with Crippen LogP contribution >= 0.6 is 0 Å². The van der Waals surface area contributed by atoms with Crippen LogP contribution < -0.4 is 15.5 Å². The summed E-state index contributed by atoms with van der Waals surface area (Å²) >= 11 is 0. The van der Waals surface area contributed by atoms with E-state index in [0.717, 1.165) is 29.0 Å². The van der Waals surface area contributed by atoms with Crippen LogP contribution in [0, 0.1) is 0 Å². The molecule has 6 heteroatoms. The lowest BCUT2D eigenvalue weighted by atomic mass is 10.1. The molecule has 0 atom stereocenters. The second kappa shape index (κ2) is 8.31. The van der Waals surface area contributed by atoms with Crippen LogP contribution in [-0.4, -0.2) is 30.2 Å². The van der Waals surface area contributed by atoms with Gasteiger partial charge < -0.3 is 15.5 Å². The number of aromatic nitrogens is 2. The number of benzene rings is 2. The van der Waals surface area contributed by atoms with Gasteiger partial charge >= 0.3 is 0 Å². The molecule has 0 fully saturated rings. The molecular weight excluding hydrogens is 338 g/mol. The Labute approximate surface area is 159 Å². The quantitative estimate of drug-likeness (QED) is 0.692. The van der Waals surface area contributed by atoms with Gasteiger partial charge in [0.05, 0.1) is 0 Å². The molecule has 0 saturated carbocycles. The van der Waals surface area contributed by atoms with Crippen molar-refractivity contribution < 1.29 is 4.79 Å². The normalized spacial score (nSPS) is 10.3. The van der Waals surface area contributed by atoms with E-state index in [9.17, 15) is 4.79 Å². The monoisotopic (exact) mass is 361 g/mol. The lowest BCUT2D eigenvalue weighted by molar-refractivity contribution is 0.102. The summed E-state index contributed by atoms with van der Waals surface area (Å²) in [6.07, 6.45) is 0.845. The van der Waals surface area contributed by atoms with Crippen LogP contribution in [-0.2, 0) is 6.42 Å². The van der Waals surface area contributed by atoms with Crippen molar-refractivity contribution in [2.24, 2.45) is 0 Å². The van der Waals surface area contributed by atoms with Gasteiger partial charge in [-0.15, -0.1) is 10.2 Å². The van der Waals surface area contributed by atoms with Gasteiger partial charge in [0.25, 0.3) is 5.91 Å². The Balaban J connectivity index is 1.66. The molecule has 2 aromatic carbocycles. The van der Waals surface area contributed by atoms with Crippen LogP contribution in [0.2, 0.25) is 0 Å². The fourth-order valence-electron chi connectivity index (χ4n) is 2.65. The van der Waals surface area contributed by atoms with Gasteiger partial charge in [-0.25, -0.2) is 0 Å². The molecule has 27 heavy (non-hydrogen) atoms. The van der Waals surface area contributed by atoms with E-state index >= 15 is 0 Å². The largest absolute Gasteiger partial charge is 0.378 e. The molecule has 3 aromatic rings. The zero-order chi connectivity index (χ0) is 19.2. The number of rotatable bonds is 6. The molecule has 1 amide bonds. The number of para-hydroxylation sites is 1. The Morgan fingerprint density at radius 1 is 0.963 bits per heavy atom. The van der Waals surface area contributed by atoms with Crippen LogP contribution in [0.4, 0.5) is 22.9 Å². The van der Waals surface area contributed by atoms with Gasteiger partial charge in [0.15, 0.2) is 11.5 Å². The first-order valence-corrected chi connectivity index (χ1v) is 8.84. The van der Waals surface area contributed by atoms with E-state index in [0.29, 0.717) is 5.82 Å². The molecule has 0 bridgehead atoms. The second-order valence-electron chi connectivity index (χ2n) is 6.33. The Hall–Kier alpha value is -3.41. The molecule has 1 heterocycles. The maximum Gasteiger partial charge on any atom is 0.276 e.